The fraction of sp³-hybridized carbons (Fsp3) is 0.750. The van der Waals surface area contributed by atoms with Crippen molar-refractivity contribution in [2.24, 2.45) is 7.05 Å². The van der Waals surface area contributed by atoms with Crippen LogP contribution < -0.4 is 0 Å². The molecule has 21 heavy (non-hydrogen) atoms. The third-order valence-corrected chi connectivity index (χ3v) is 5.09. The second-order valence-corrected chi connectivity index (χ2v) is 6.81. The molecule has 1 saturated carbocycles. The first kappa shape index (κ1) is 14.9. The van der Waals surface area contributed by atoms with Crippen LogP contribution in [0.25, 0.3) is 11.2 Å². The number of hydrogen-bond acceptors (Lipinski definition) is 2. The van der Waals surface area contributed by atoms with E-state index in [4.69, 9.17) is 21.7 Å². The topological polar surface area (TPSA) is 35.6 Å². The van der Waals surface area contributed by atoms with Gasteiger partial charge in [-0.1, -0.05) is 32.6 Å². The molecule has 116 valence electrons. The van der Waals surface area contributed by atoms with Crippen molar-refractivity contribution < 1.29 is 0 Å². The first-order chi connectivity index (χ1) is 10.1. The highest BCUT2D eigenvalue weighted by Gasteiger charge is 2.34. The van der Waals surface area contributed by atoms with Gasteiger partial charge in [-0.15, -0.1) is 11.6 Å². The van der Waals surface area contributed by atoms with Crippen LogP contribution in [-0.4, -0.2) is 19.3 Å². The number of nitrogens with zero attached hydrogens (tertiary/aromatic N) is 4. The Kier molecular flexibility index (Phi) is 4.00. The minimum Gasteiger partial charge on any atom is -0.306 e. The van der Waals surface area contributed by atoms with E-state index in [0.717, 1.165) is 35.5 Å². The summed E-state index contributed by atoms with van der Waals surface area (Å²) in [4.78, 5) is 4.84. The van der Waals surface area contributed by atoms with Crippen LogP contribution in [0.4, 0.5) is 0 Å². The van der Waals surface area contributed by atoms with E-state index in [1.54, 1.807) is 0 Å². The Morgan fingerprint density at radius 1 is 1.24 bits per heavy atom. The Morgan fingerprint density at radius 3 is 2.57 bits per heavy atom. The maximum atomic E-state index is 6.21. The molecule has 0 atom stereocenters. The number of aromatic nitrogens is 4. The van der Waals surface area contributed by atoms with Crippen molar-refractivity contribution in [2.75, 3.05) is 0 Å². The van der Waals surface area contributed by atoms with Crippen LogP contribution in [0.1, 0.15) is 63.9 Å². The molecule has 0 aromatic carbocycles. The molecule has 0 amide bonds. The van der Waals surface area contributed by atoms with Gasteiger partial charge in [-0.2, -0.15) is 5.10 Å². The van der Waals surface area contributed by atoms with E-state index in [1.807, 2.05) is 11.7 Å². The molecule has 1 aliphatic carbocycles. The molecule has 5 heteroatoms. The van der Waals surface area contributed by atoms with Gasteiger partial charge in [-0.25, -0.2) is 4.98 Å². The Balaban J connectivity index is 2.20. The highest BCUT2D eigenvalue weighted by molar-refractivity contribution is 6.16. The van der Waals surface area contributed by atoms with Crippen LogP contribution >= 0.6 is 11.6 Å². The summed E-state index contributed by atoms with van der Waals surface area (Å²) in [5.41, 5.74) is 3.45. The molecule has 3 rings (SSSR count). The average Bonchev–Trinajstić information content (AvgIpc) is 2.99. The van der Waals surface area contributed by atoms with Crippen molar-refractivity contribution in [1.82, 2.24) is 19.3 Å². The van der Waals surface area contributed by atoms with Gasteiger partial charge < -0.3 is 4.57 Å². The lowest BCUT2D eigenvalue weighted by molar-refractivity contribution is 0.218. The maximum Gasteiger partial charge on any atom is 0.159 e. The van der Waals surface area contributed by atoms with Crippen LogP contribution in [-0.2, 0) is 24.9 Å². The molecule has 4 nitrogen and oxygen atoms in total. The van der Waals surface area contributed by atoms with Gasteiger partial charge in [-0.05, 0) is 26.2 Å². The van der Waals surface area contributed by atoms with Gasteiger partial charge >= 0.3 is 0 Å². The summed E-state index contributed by atoms with van der Waals surface area (Å²) >= 11 is 6.21. The lowest BCUT2D eigenvalue weighted by atomic mass is 9.83. The summed E-state index contributed by atoms with van der Waals surface area (Å²) in [7, 11) is 2.03. The van der Waals surface area contributed by atoms with Crippen molar-refractivity contribution in [3.8, 4) is 0 Å². The second-order valence-electron chi connectivity index (χ2n) is 6.55. The largest absolute Gasteiger partial charge is 0.306 e. The van der Waals surface area contributed by atoms with E-state index in [0.29, 0.717) is 5.88 Å². The van der Waals surface area contributed by atoms with Gasteiger partial charge in [0.05, 0.1) is 11.6 Å². The van der Waals surface area contributed by atoms with Crippen LogP contribution in [0.15, 0.2) is 0 Å². The van der Waals surface area contributed by atoms with Crippen molar-refractivity contribution in [3.05, 3.63) is 11.5 Å². The Hall–Kier alpha value is -1.03. The number of alkyl halides is 1. The third kappa shape index (κ3) is 2.37. The van der Waals surface area contributed by atoms with E-state index in [1.165, 1.54) is 32.1 Å². The predicted octanol–water partition coefficient (Wildman–Crippen LogP) is 4.14. The quantitative estimate of drug-likeness (QED) is 0.796. The van der Waals surface area contributed by atoms with Crippen LogP contribution in [0.5, 0.6) is 0 Å². The minimum absolute atomic E-state index is 0.133. The summed E-state index contributed by atoms with van der Waals surface area (Å²) in [6.45, 7) is 4.54. The van der Waals surface area contributed by atoms with Gasteiger partial charge in [-0.3, -0.25) is 4.68 Å². The normalized spacial score (nSPS) is 18.5. The zero-order chi connectivity index (χ0) is 15.0. The van der Waals surface area contributed by atoms with E-state index in [2.05, 4.69) is 18.4 Å². The lowest BCUT2D eigenvalue weighted by Crippen LogP contribution is -2.34. The Labute approximate surface area is 131 Å². The van der Waals surface area contributed by atoms with E-state index >= 15 is 0 Å². The molecule has 0 aliphatic heterocycles. The van der Waals surface area contributed by atoms with E-state index in [9.17, 15) is 0 Å². The second kappa shape index (κ2) is 5.64. The Morgan fingerprint density at radius 2 is 1.95 bits per heavy atom. The molecular formula is C16H25ClN4. The summed E-state index contributed by atoms with van der Waals surface area (Å²) in [6, 6.07) is 0. The standard InChI is InChI=1S/C16H25ClN4/c1-4-8-12-14-15(20(3)19-12)21(13(11-17)18-14)16(2)9-6-5-7-10-16/h4-11H2,1-3H3. The first-order valence-electron chi connectivity index (χ1n) is 8.10. The summed E-state index contributed by atoms with van der Waals surface area (Å²) in [6.07, 6.45) is 8.40. The monoisotopic (exact) mass is 308 g/mol. The number of rotatable bonds is 4. The Bertz CT molecular complexity index is 634. The van der Waals surface area contributed by atoms with Crippen LogP contribution in [0.3, 0.4) is 0 Å². The number of aryl methyl sites for hydroxylation is 2. The molecular weight excluding hydrogens is 284 g/mol. The van der Waals surface area contributed by atoms with Gasteiger partial charge in [0, 0.05) is 12.6 Å². The van der Waals surface area contributed by atoms with E-state index < -0.39 is 0 Å². The van der Waals surface area contributed by atoms with Crippen LogP contribution in [0.2, 0.25) is 0 Å². The first-order valence-corrected chi connectivity index (χ1v) is 8.64. The van der Waals surface area contributed by atoms with Crippen molar-refractivity contribution >= 4 is 22.8 Å². The van der Waals surface area contributed by atoms with Gasteiger partial charge in [0.25, 0.3) is 0 Å². The van der Waals surface area contributed by atoms with Crippen molar-refractivity contribution in [3.63, 3.8) is 0 Å². The molecule has 0 unspecified atom stereocenters. The van der Waals surface area contributed by atoms with Crippen molar-refractivity contribution in [1.29, 1.82) is 0 Å². The highest BCUT2D eigenvalue weighted by Crippen LogP contribution is 2.38. The maximum absolute atomic E-state index is 6.21. The summed E-state index contributed by atoms with van der Waals surface area (Å²) in [5.74, 6) is 1.47. The van der Waals surface area contributed by atoms with Gasteiger partial charge in [0.2, 0.25) is 0 Å². The molecule has 0 radical (unpaired) electrons. The predicted molar refractivity (Wildman–Crippen MR) is 86.8 cm³/mol. The number of hydrogen-bond donors (Lipinski definition) is 0. The highest BCUT2D eigenvalue weighted by atomic mass is 35.5. The minimum atomic E-state index is 0.133. The number of halogens is 1. The number of imidazole rings is 1. The van der Waals surface area contributed by atoms with Crippen molar-refractivity contribution in [2.45, 2.75) is 70.2 Å². The fourth-order valence-corrected chi connectivity index (χ4v) is 4.00. The van der Waals surface area contributed by atoms with E-state index in [-0.39, 0.29) is 5.54 Å². The molecule has 1 fully saturated rings. The molecule has 2 aromatic heterocycles. The van der Waals surface area contributed by atoms with Gasteiger partial charge in [0.15, 0.2) is 5.65 Å². The molecule has 2 heterocycles. The molecule has 0 bridgehead atoms. The molecule has 2 aromatic rings. The third-order valence-electron chi connectivity index (χ3n) is 4.85. The molecule has 0 spiro atoms. The zero-order valence-corrected chi connectivity index (χ0v) is 14.1. The summed E-state index contributed by atoms with van der Waals surface area (Å²) < 4.78 is 4.39. The average molecular weight is 309 g/mol. The molecule has 1 aliphatic rings. The SMILES string of the molecule is CCCc1nn(C)c2c1nc(CCl)n2C1(C)CCCCC1. The van der Waals surface area contributed by atoms with Crippen LogP contribution in [0, 0.1) is 0 Å². The smallest absolute Gasteiger partial charge is 0.159 e. The van der Waals surface area contributed by atoms with Gasteiger partial charge in [0.1, 0.15) is 11.3 Å². The lowest BCUT2D eigenvalue weighted by Gasteiger charge is -2.36. The summed E-state index contributed by atoms with van der Waals surface area (Å²) in [5, 5.41) is 4.69. The molecule has 0 N–H and O–H groups in total. The zero-order valence-electron chi connectivity index (χ0n) is 13.3. The fourth-order valence-electron chi connectivity index (χ4n) is 3.82. The molecule has 0 saturated heterocycles. The number of fused-ring (bicyclic) bond motifs is 1.